The predicted octanol–water partition coefficient (Wildman–Crippen LogP) is 4.95. The molecule has 3 aromatic carbocycles. The maximum absolute atomic E-state index is 14.2. The fraction of sp³-hybridized carbons (Fsp3) is 0.208. The fourth-order valence-electron chi connectivity index (χ4n) is 3.35. The quantitative estimate of drug-likeness (QED) is 0.618. The number of anilines is 1. The van der Waals surface area contributed by atoms with Crippen LogP contribution in [0.25, 0.3) is 0 Å². The van der Waals surface area contributed by atoms with E-state index < -0.39 is 6.04 Å². The van der Waals surface area contributed by atoms with Gasteiger partial charge in [0.2, 0.25) is 5.91 Å². The molecular weight excluding hydrogens is 367 g/mol. The monoisotopic (exact) mass is 392 g/mol. The number of ether oxygens (including phenoxy) is 1. The van der Waals surface area contributed by atoms with Crippen molar-refractivity contribution in [3.8, 4) is 5.75 Å². The number of aryl methyl sites for hydroxylation is 1. The molecule has 0 aliphatic rings. The van der Waals surface area contributed by atoms with Gasteiger partial charge in [0, 0.05) is 12.1 Å². The Morgan fingerprint density at radius 3 is 2.45 bits per heavy atom. The molecule has 0 saturated carbocycles. The summed E-state index contributed by atoms with van der Waals surface area (Å²) in [6.45, 7) is 2.25. The largest absolute Gasteiger partial charge is 0.495 e. The van der Waals surface area contributed by atoms with Crippen molar-refractivity contribution in [1.29, 1.82) is 0 Å². The number of methoxy groups -OCH3 is 1. The first-order valence-corrected chi connectivity index (χ1v) is 9.43. The second-order valence-corrected chi connectivity index (χ2v) is 7.01. The van der Waals surface area contributed by atoms with Gasteiger partial charge < -0.3 is 10.1 Å². The number of carbonyl (C=O) groups is 1. The first-order chi connectivity index (χ1) is 14.0. The van der Waals surface area contributed by atoms with Crippen LogP contribution in [0.5, 0.6) is 5.75 Å². The number of hydrogen-bond donors (Lipinski definition) is 1. The van der Waals surface area contributed by atoms with Crippen LogP contribution in [0.1, 0.15) is 22.7 Å². The molecule has 0 spiro atoms. The molecule has 4 nitrogen and oxygen atoms in total. The van der Waals surface area contributed by atoms with E-state index in [-0.39, 0.29) is 11.7 Å². The van der Waals surface area contributed by atoms with E-state index in [2.05, 4.69) is 5.32 Å². The van der Waals surface area contributed by atoms with Gasteiger partial charge in [0.25, 0.3) is 0 Å². The van der Waals surface area contributed by atoms with E-state index in [9.17, 15) is 9.18 Å². The molecule has 0 fully saturated rings. The van der Waals surface area contributed by atoms with Crippen molar-refractivity contribution in [3.05, 3.63) is 95.3 Å². The second-order valence-electron chi connectivity index (χ2n) is 7.01. The van der Waals surface area contributed by atoms with Gasteiger partial charge in [-0.1, -0.05) is 54.6 Å². The van der Waals surface area contributed by atoms with Crippen molar-refractivity contribution >= 4 is 11.6 Å². The molecular formula is C24H25FN2O2. The molecule has 1 amide bonds. The van der Waals surface area contributed by atoms with Crippen LogP contribution in [0, 0.1) is 12.7 Å². The second kappa shape index (κ2) is 9.34. The molecule has 1 atom stereocenters. The lowest BCUT2D eigenvalue weighted by Crippen LogP contribution is -2.34. The molecule has 0 heterocycles. The third kappa shape index (κ3) is 5.00. The van der Waals surface area contributed by atoms with Gasteiger partial charge in [-0.25, -0.2) is 4.39 Å². The van der Waals surface area contributed by atoms with Crippen LogP contribution < -0.4 is 10.1 Å². The molecule has 0 saturated heterocycles. The summed E-state index contributed by atoms with van der Waals surface area (Å²) in [5, 5.41) is 2.98. The number of rotatable bonds is 7. The van der Waals surface area contributed by atoms with Crippen LogP contribution in [0.3, 0.4) is 0 Å². The Bertz CT molecular complexity index is 976. The Morgan fingerprint density at radius 2 is 1.76 bits per heavy atom. The van der Waals surface area contributed by atoms with Crippen molar-refractivity contribution < 1.29 is 13.9 Å². The third-order valence-corrected chi connectivity index (χ3v) is 4.79. The van der Waals surface area contributed by atoms with Crippen LogP contribution in [0.4, 0.5) is 10.1 Å². The van der Waals surface area contributed by atoms with Crippen molar-refractivity contribution in [1.82, 2.24) is 4.90 Å². The van der Waals surface area contributed by atoms with Crippen molar-refractivity contribution in [2.24, 2.45) is 0 Å². The van der Waals surface area contributed by atoms with Crippen molar-refractivity contribution in [3.63, 3.8) is 0 Å². The number of benzene rings is 3. The lowest BCUT2D eigenvalue weighted by molar-refractivity contribution is -0.121. The number of amides is 1. The number of halogens is 1. The maximum Gasteiger partial charge on any atom is 0.246 e. The Balaban J connectivity index is 1.91. The van der Waals surface area contributed by atoms with Crippen LogP contribution in [0.15, 0.2) is 72.8 Å². The first kappa shape index (κ1) is 20.6. The maximum atomic E-state index is 14.2. The van der Waals surface area contributed by atoms with Crippen LogP contribution in [-0.2, 0) is 11.3 Å². The number of hydrogen-bond acceptors (Lipinski definition) is 3. The molecule has 5 heteroatoms. The molecule has 3 aromatic rings. The zero-order chi connectivity index (χ0) is 20.8. The van der Waals surface area contributed by atoms with E-state index in [1.165, 1.54) is 6.07 Å². The van der Waals surface area contributed by atoms with Crippen LogP contribution in [-0.4, -0.2) is 25.0 Å². The van der Waals surface area contributed by atoms with Crippen molar-refractivity contribution in [2.75, 3.05) is 19.5 Å². The smallest absolute Gasteiger partial charge is 0.246 e. The summed E-state index contributed by atoms with van der Waals surface area (Å²) < 4.78 is 19.5. The molecule has 29 heavy (non-hydrogen) atoms. The van der Waals surface area contributed by atoms with Gasteiger partial charge in [0.15, 0.2) is 0 Å². The fourth-order valence-corrected chi connectivity index (χ4v) is 3.35. The minimum absolute atomic E-state index is 0.209. The highest BCUT2D eigenvalue weighted by atomic mass is 19.1. The van der Waals surface area contributed by atoms with E-state index in [1.54, 1.807) is 25.3 Å². The van der Waals surface area contributed by atoms with E-state index in [0.717, 1.165) is 11.1 Å². The van der Waals surface area contributed by atoms with Gasteiger partial charge in [-0.3, -0.25) is 9.69 Å². The highest BCUT2D eigenvalue weighted by molar-refractivity contribution is 5.96. The SMILES string of the molecule is COc1ccc(C)cc1NC(=O)[C@H](c1ccccc1)N(C)Cc1ccccc1F. The van der Waals surface area contributed by atoms with Gasteiger partial charge in [-0.15, -0.1) is 0 Å². The molecule has 150 valence electrons. The first-order valence-electron chi connectivity index (χ1n) is 9.43. The highest BCUT2D eigenvalue weighted by Crippen LogP contribution is 2.29. The normalized spacial score (nSPS) is 11.9. The van der Waals surface area contributed by atoms with E-state index in [4.69, 9.17) is 4.74 Å². The predicted molar refractivity (Wildman–Crippen MR) is 113 cm³/mol. The summed E-state index contributed by atoms with van der Waals surface area (Å²) in [6.07, 6.45) is 0. The zero-order valence-corrected chi connectivity index (χ0v) is 16.9. The van der Waals surface area contributed by atoms with E-state index >= 15 is 0 Å². The van der Waals surface area contributed by atoms with Crippen LogP contribution in [0.2, 0.25) is 0 Å². The Kier molecular flexibility index (Phi) is 6.62. The molecule has 0 aliphatic heterocycles. The van der Waals surface area contributed by atoms with Crippen LogP contribution >= 0.6 is 0 Å². The average Bonchev–Trinajstić information content (AvgIpc) is 2.71. The van der Waals surface area contributed by atoms with Gasteiger partial charge in [-0.05, 0) is 43.3 Å². The van der Waals surface area contributed by atoms with Gasteiger partial charge in [-0.2, -0.15) is 0 Å². The molecule has 0 bridgehead atoms. The topological polar surface area (TPSA) is 41.6 Å². The third-order valence-electron chi connectivity index (χ3n) is 4.79. The summed E-state index contributed by atoms with van der Waals surface area (Å²) in [6, 6.07) is 21.1. The summed E-state index contributed by atoms with van der Waals surface area (Å²) in [5.41, 5.74) is 2.99. The highest BCUT2D eigenvalue weighted by Gasteiger charge is 2.26. The lowest BCUT2D eigenvalue weighted by atomic mass is 10.0. The standard InChI is InChI=1S/C24H25FN2O2/c1-17-13-14-22(29-3)21(15-17)26-24(28)23(18-9-5-4-6-10-18)27(2)16-19-11-7-8-12-20(19)25/h4-15,23H,16H2,1-3H3,(H,26,28)/t23-/m0/s1. The summed E-state index contributed by atoms with van der Waals surface area (Å²) in [4.78, 5) is 15.1. The number of likely N-dealkylation sites (N-methyl/N-ethyl adjacent to an activating group) is 1. The Morgan fingerprint density at radius 1 is 1.07 bits per heavy atom. The van der Waals surface area contributed by atoms with E-state index in [1.807, 2.05) is 67.4 Å². The molecule has 0 radical (unpaired) electrons. The Hall–Kier alpha value is -3.18. The minimum atomic E-state index is -0.596. The lowest BCUT2D eigenvalue weighted by Gasteiger charge is -2.28. The zero-order valence-electron chi connectivity index (χ0n) is 16.9. The summed E-state index contributed by atoms with van der Waals surface area (Å²) in [7, 11) is 3.39. The molecule has 0 unspecified atom stereocenters. The van der Waals surface area contributed by atoms with Crippen molar-refractivity contribution in [2.45, 2.75) is 19.5 Å². The molecule has 0 aromatic heterocycles. The number of nitrogens with zero attached hydrogens (tertiary/aromatic N) is 1. The summed E-state index contributed by atoms with van der Waals surface area (Å²) >= 11 is 0. The minimum Gasteiger partial charge on any atom is -0.495 e. The number of nitrogens with one attached hydrogen (secondary N) is 1. The average molecular weight is 392 g/mol. The molecule has 3 rings (SSSR count). The Labute approximate surface area is 170 Å². The molecule has 0 aliphatic carbocycles. The van der Waals surface area contributed by atoms with Gasteiger partial charge in [0.05, 0.1) is 12.8 Å². The van der Waals surface area contributed by atoms with Gasteiger partial charge >= 0.3 is 0 Å². The molecule has 1 N–H and O–H groups in total. The van der Waals surface area contributed by atoms with Gasteiger partial charge in [0.1, 0.15) is 17.6 Å². The van der Waals surface area contributed by atoms with E-state index in [0.29, 0.717) is 23.5 Å². The number of carbonyl (C=O) groups excluding carboxylic acids is 1. The summed E-state index contributed by atoms with van der Waals surface area (Å²) in [5.74, 6) is 0.0957.